The number of unbranched alkanes of at least 4 members (excludes halogenated alkanes) is 3. The molecule has 0 amide bonds. The van der Waals surface area contributed by atoms with Crippen molar-refractivity contribution in [3.8, 4) is 0 Å². The lowest BCUT2D eigenvalue weighted by atomic mass is 9.98. The molecule has 0 aromatic rings. The molecule has 0 aromatic carbocycles. The van der Waals surface area contributed by atoms with Crippen LogP contribution in [0.15, 0.2) is 12.2 Å². The van der Waals surface area contributed by atoms with E-state index in [1.807, 2.05) is 0 Å². The lowest BCUT2D eigenvalue weighted by Crippen LogP contribution is -2.33. The Morgan fingerprint density at radius 1 is 1.18 bits per heavy atom. The monoisotopic (exact) mass is 240 g/mol. The highest BCUT2D eigenvalue weighted by Crippen LogP contribution is 2.32. The number of hydrogen-bond donors (Lipinski definition) is 1. The van der Waals surface area contributed by atoms with Crippen LogP contribution in [0.3, 0.4) is 0 Å². The van der Waals surface area contributed by atoms with E-state index in [9.17, 15) is 5.11 Å². The van der Waals surface area contributed by atoms with E-state index < -0.39 is 0 Å². The van der Waals surface area contributed by atoms with E-state index in [1.54, 1.807) is 0 Å². The van der Waals surface area contributed by atoms with Gasteiger partial charge in [0.1, 0.15) is 6.10 Å². The molecule has 1 aliphatic heterocycles. The summed E-state index contributed by atoms with van der Waals surface area (Å²) >= 11 is 0. The van der Waals surface area contributed by atoms with Gasteiger partial charge >= 0.3 is 0 Å². The van der Waals surface area contributed by atoms with Gasteiger partial charge in [-0.1, -0.05) is 58.6 Å². The maximum absolute atomic E-state index is 10.1. The van der Waals surface area contributed by atoms with Crippen molar-refractivity contribution in [1.29, 1.82) is 0 Å². The summed E-state index contributed by atoms with van der Waals surface area (Å²) in [5.41, 5.74) is -0.116. The number of aliphatic hydroxyl groups excluding tert-OH is 1. The molecule has 1 heterocycles. The van der Waals surface area contributed by atoms with Gasteiger partial charge in [0.15, 0.2) is 0 Å². The Kier molecular flexibility index (Phi) is 6.21. The first-order valence-electron chi connectivity index (χ1n) is 7.22. The molecule has 2 heteroatoms. The Hall–Kier alpha value is -0.340. The number of ether oxygens (including phenoxy) is 1. The lowest BCUT2D eigenvalue weighted by molar-refractivity contribution is -0.0795. The van der Waals surface area contributed by atoms with Gasteiger partial charge in [0.05, 0.1) is 11.7 Å². The molecule has 1 rings (SSSR count). The second-order valence-corrected chi connectivity index (χ2v) is 5.13. The summed E-state index contributed by atoms with van der Waals surface area (Å²) in [5, 5.41) is 10.1. The second-order valence-electron chi connectivity index (χ2n) is 5.13. The molecule has 0 fully saturated rings. The molecule has 100 valence electrons. The minimum absolute atomic E-state index is 0.0865. The van der Waals surface area contributed by atoms with E-state index in [-0.39, 0.29) is 17.8 Å². The molecule has 0 radical (unpaired) electrons. The van der Waals surface area contributed by atoms with Crippen molar-refractivity contribution in [3.63, 3.8) is 0 Å². The van der Waals surface area contributed by atoms with E-state index in [2.05, 4.69) is 32.9 Å². The first-order chi connectivity index (χ1) is 8.17. The van der Waals surface area contributed by atoms with Gasteiger partial charge in [-0.2, -0.15) is 0 Å². The summed E-state index contributed by atoms with van der Waals surface area (Å²) in [5.74, 6) is 0. The van der Waals surface area contributed by atoms with Crippen molar-refractivity contribution in [1.82, 2.24) is 0 Å². The average molecular weight is 240 g/mol. The number of rotatable bonds is 8. The molecule has 0 spiro atoms. The fraction of sp³-hybridized carbons (Fsp3) is 0.867. The van der Waals surface area contributed by atoms with Crippen LogP contribution in [-0.2, 0) is 4.74 Å². The van der Waals surface area contributed by atoms with Crippen LogP contribution in [0.1, 0.15) is 65.7 Å². The number of hydrogen-bond acceptors (Lipinski definition) is 2. The lowest BCUT2D eigenvalue weighted by Gasteiger charge is -2.28. The third-order valence-corrected chi connectivity index (χ3v) is 3.89. The molecule has 0 aliphatic carbocycles. The highest BCUT2D eigenvalue weighted by atomic mass is 16.5. The fourth-order valence-electron chi connectivity index (χ4n) is 2.42. The van der Waals surface area contributed by atoms with Gasteiger partial charge in [-0.05, 0) is 19.3 Å². The molecule has 0 bridgehead atoms. The minimum Gasteiger partial charge on any atom is -0.390 e. The van der Waals surface area contributed by atoms with Crippen LogP contribution in [0, 0.1) is 0 Å². The Morgan fingerprint density at radius 2 is 1.88 bits per heavy atom. The largest absolute Gasteiger partial charge is 0.390 e. The van der Waals surface area contributed by atoms with Gasteiger partial charge in [0.25, 0.3) is 0 Å². The predicted octanol–water partition coefficient (Wildman–Crippen LogP) is 3.83. The van der Waals surface area contributed by atoms with E-state index >= 15 is 0 Å². The Balaban J connectivity index is 2.31. The molecular formula is C15H28O2. The van der Waals surface area contributed by atoms with E-state index in [0.29, 0.717) is 0 Å². The molecule has 0 saturated carbocycles. The zero-order valence-corrected chi connectivity index (χ0v) is 11.6. The molecule has 17 heavy (non-hydrogen) atoms. The zero-order chi connectivity index (χ0) is 12.7. The van der Waals surface area contributed by atoms with Crippen molar-refractivity contribution >= 4 is 0 Å². The second kappa shape index (κ2) is 7.17. The normalized spacial score (nSPS) is 24.1. The van der Waals surface area contributed by atoms with Crippen molar-refractivity contribution in [2.75, 3.05) is 0 Å². The van der Waals surface area contributed by atoms with Gasteiger partial charge in [-0.15, -0.1) is 0 Å². The van der Waals surface area contributed by atoms with Crippen LogP contribution in [-0.4, -0.2) is 22.9 Å². The van der Waals surface area contributed by atoms with Crippen molar-refractivity contribution in [2.24, 2.45) is 0 Å². The van der Waals surface area contributed by atoms with Crippen molar-refractivity contribution in [2.45, 2.75) is 83.5 Å². The standard InChI is InChI=1S/C15H28O2/c1-4-7-8-9-10-13(16)14-11-12-15(5-2,6-3)17-14/h11-14,16H,4-10H2,1-3H3/t13-,14?/m0/s1. The summed E-state index contributed by atoms with van der Waals surface area (Å²) in [6.45, 7) is 6.49. The predicted molar refractivity (Wildman–Crippen MR) is 72.1 cm³/mol. The first kappa shape index (κ1) is 14.7. The van der Waals surface area contributed by atoms with Gasteiger partial charge < -0.3 is 9.84 Å². The zero-order valence-electron chi connectivity index (χ0n) is 11.6. The van der Waals surface area contributed by atoms with Crippen LogP contribution < -0.4 is 0 Å². The van der Waals surface area contributed by atoms with Gasteiger partial charge in [-0.25, -0.2) is 0 Å². The summed E-state index contributed by atoms with van der Waals surface area (Å²) in [6, 6.07) is 0. The Labute approximate surface area is 106 Å². The van der Waals surface area contributed by atoms with E-state index in [1.165, 1.54) is 19.3 Å². The smallest absolute Gasteiger partial charge is 0.103 e. The molecule has 0 aromatic heterocycles. The minimum atomic E-state index is -0.330. The summed E-state index contributed by atoms with van der Waals surface area (Å²) in [7, 11) is 0. The maximum Gasteiger partial charge on any atom is 0.103 e. The summed E-state index contributed by atoms with van der Waals surface area (Å²) < 4.78 is 6.01. The quantitative estimate of drug-likeness (QED) is 0.516. The van der Waals surface area contributed by atoms with Gasteiger partial charge in [0, 0.05) is 0 Å². The van der Waals surface area contributed by atoms with Gasteiger partial charge in [0.2, 0.25) is 0 Å². The first-order valence-corrected chi connectivity index (χ1v) is 7.22. The third-order valence-electron chi connectivity index (χ3n) is 3.89. The fourth-order valence-corrected chi connectivity index (χ4v) is 2.42. The van der Waals surface area contributed by atoms with Crippen LogP contribution in [0.4, 0.5) is 0 Å². The van der Waals surface area contributed by atoms with Gasteiger partial charge in [-0.3, -0.25) is 0 Å². The molecule has 2 nitrogen and oxygen atoms in total. The van der Waals surface area contributed by atoms with E-state index in [4.69, 9.17) is 4.74 Å². The van der Waals surface area contributed by atoms with Crippen LogP contribution >= 0.6 is 0 Å². The van der Waals surface area contributed by atoms with Crippen LogP contribution in [0.25, 0.3) is 0 Å². The summed E-state index contributed by atoms with van der Waals surface area (Å²) in [4.78, 5) is 0. The van der Waals surface area contributed by atoms with Crippen molar-refractivity contribution in [3.05, 3.63) is 12.2 Å². The maximum atomic E-state index is 10.1. The molecular weight excluding hydrogens is 212 g/mol. The Bertz CT molecular complexity index is 231. The molecule has 1 N–H and O–H groups in total. The molecule has 1 unspecified atom stereocenters. The highest BCUT2D eigenvalue weighted by molar-refractivity contribution is 5.12. The highest BCUT2D eigenvalue weighted by Gasteiger charge is 2.34. The average Bonchev–Trinajstić information content (AvgIpc) is 2.79. The topological polar surface area (TPSA) is 29.5 Å². The SMILES string of the molecule is CCCCCC[C@H](O)C1C=CC(CC)(CC)O1. The number of aliphatic hydroxyl groups is 1. The van der Waals surface area contributed by atoms with Crippen LogP contribution in [0.5, 0.6) is 0 Å². The molecule has 1 aliphatic rings. The molecule has 0 saturated heterocycles. The Morgan fingerprint density at radius 3 is 2.41 bits per heavy atom. The third kappa shape index (κ3) is 4.11. The molecule has 2 atom stereocenters. The van der Waals surface area contributed by atoms with E-state index in [0.717, 1.165) is 25.7 Å². The summed E-state index contributed by atoms with van der Waals surface area (Å²) in [6.07, 6.45) is 11.4. The van der Waals surface area contributed by atoms with Crippen molar-refractivity contribution < 1.29 is 9.84 Å². The van der Waals surface area contributed by atoms with Crippen LogP contribution in [0.2, 0.25) is 0 Å².